The maximum Gasteiger partial charge on any atom is 0.254 e. The van der Waals surface area contributed by atoms with Crippen LogP contribution in [0, 0.1) is 12.3 Å². The SMILES string of the molecule is COc1cc(C(=O)N2CC3(CN(C)C3)C2)ccc1Cn1ncc2nc(N)nc(NCc3cc(C)on3)c21. The molecule has 2 aliphatic rings. The Balaban J connectivity index is 1.23. The van der Waals surface area contributed by atoms with Crippen molar-refractivity contribution in [1.82, 2.24) is 34.7 Å². The number of rotatable bonds is 7. The fraction of sp³-hybridized carbons (Fsp3) is 0.400. The van der Waals surface area contributed by atoms with Crippen molar-refractivity contribution in [3.63, 3.8) is 0 Å². The Morgan fingerprint density at radius 2 is 2.03 bits per heavy atom. The molecule has 2 fully saturated rings. The van der Waals surface area contributed by atoms with E-state index in [0.29, 0.717) is 46.7 Å². The van der Waals surface area contributed by atoms with Crippen LogP contribution in [0.2, 0.25) is 0 Å². The number of methoxy groups -OCH3 is 1. The Morgan fingerprint density at radius 1 is 1.22 bits per heavy atom. The van der Waals surface area contributed by atoms with Crippen LogP contribution in [0.15, 0.2) is 35.0 Å². The highest BCUT2D eigenvalue weighted by Crippen LogP contribution is 2.39. The van der Waals surface area contributed by atoms with Gasteiger partial charge in [-0.1, -0.05) is 11.2 Å². The Morgan fingerprint density at radius 3 is 2.73 bits per heavy atom. The highest BCUT2D eigenvalue weighted by atomic mass is 16.5. The van der Waals surface area contributed by atoms with E-state index in [4.69, 9.17) is 15.0 Å². The second-order valence-corrected chi connectivity index (χ2v) is 10.1. The molecule has 3 N–H and O–H groups in total. The van der Waals surface area contributed by atoms with E-state index >= 15 is 0 Å². The van der Waals surface area contributed by atoms with Crippen molar-refractivity contribution < 1.29 is 14.1 Å². The van der Waals surface area contributed by atoms with Crippen LogP contribution in [0.3, 0.4) is 0 Å². The number of carbonyl (C=O) groups excluding carboxylic acids is 1. The molecule has 37 heavy (non-hydrogen) atoms. The van der Waals surface area contributed by atoms with E-state index in [-0.39, 0.29) is 11.9 Å². The van der Waals surface area contributed by atoms with Gasteiger partial charge in [0.05, 0.1) is 26.4 Å². The fourth-order valence-corrected chi connectivity index (χ4v) is 5.49. The van der Waals surface area contributed by atoms with E-state index in [9.17, 15) is 4.79 Å². The molecule has 1 spiro atoms. The number of nitrogens with two attached hydrogens (primary N) is 1. The summed E-state index contributed by atoms with van der Waals surface area (Å²) >= 11 is 0. The number of nitrogens with one attached hydrogen (secondary N) is 1. The molecule has 12 nitrogen and oxygen atoms in total. The second-order valence-electron chi connectivity index (χ2n) is 10.1. The van der Waals surface area contributed by atoms with Gasteiger partial charge in [0.1, 0.15) is 28.2 Å². The molecule has 5 heterocycles. The number of aryl methyl sites for hydroxylation is 1. The standard InChI is InChI=1S/C25H29N9O3/c1-15-6-18(31-37-15)8-27-22-21-19(29-24(26)30-22)9-28-34(21)10-17-5-4-16(7-20(17)36-3)23(35)33-13-25(14-33)11-32(2)12-25/h4-7,9H,8,10-14H2,1-3H3,(H3,26,27,29,30). The zero-order chi connectivity index (χ0) is 25.7. The van der Waals surface area contributed by atoms with E-state index in [1.54, 1.807) is 18.0 Å². The molecule has 12 heteroatoms. The summed E-state index contributed by atoms with van der Waals surface area (Å²) in [5.74, 6) is 2.07. The summed E-state index contributed by atoms with van der Waals surface area (Å²) in [6, 6.07) is 7.42. The summed E-state index contributed by atoms with van der Waals surface area (Å²) < 4.78 is 12.6. The van der Waals surface area contributed by atoms with Gasteiger partial charge in [-0.2, -0.15) is 10.1 Å². The molecule has 0 aliphatic carbocycles. The maximum atomic E-state index is 13.1. The Kier molecular flexibility index (Phi) is 5.48. The predicted octanol–water partition coefficient (Wildman–Crippen LogP) is 1.76. The van der Waals surface area contributed by atoms with Crippen LogP contribution < -0.4 is 15.8 Å². The lowest BCUT2D eigenvalue weighted by atomic mass is 9.73. The van der Waals surface area contributed by atoms with Crippen molar-refractivity contribution in [2.45, 2.75) is 20.0 Å². The van der Waals surface area contributed by atoms with Gasteiger partial charge in [-0.05, 0) is 26.1 Å². The zero-order valence-electron chi connectivity index (χ0n) is 21.1. The molecule has 6 rings (SSSR count). The minimum atomic E-state index is 0.0352. The second kappa shape index (κ2) is 8.73. The van der Waals surface area contributed by atoms with Crippen molar-refractivity contribution in [2.24, 2.45) is 5.41 Å². The smallest absolute Gasteiger partial charge is 0.254 e. The summed E-state index contributed by atoms with van der Waals surface area (Å²) in [5.41, 5.74) is 9.78. The van der Waals surface area contributed by atoms with Crippen molar-refractivity contribution >= 4 is 28.7 Å². The van der Waals surface area contributed by atoms with Crippen LogP contribution in [0.5, 0.6) is 5.75 Å². The first-order valence-electron chi connectivity index (χ1n) is 12.1. The molecular weight excluding hydrogens is 474 g/mol. The van der Waals surface area contributed by atoms with Crippen LogP contribution in [0.4, 0.5) is 11.8 Å². The lowest BCUT2D eigenvalue weighted by molar-refractivity contribution is -0.0872. The quantitative estimate of drug-likeness (QED) is 0.383. The molecular formula is C25H29N9O3. The molecule has 4 aromatic rings. The summed E-state index contributed by atoms with van der Waals surface area (Å²) in [6.45, 7) is 6.38. The van der Waals surface area contributed by atoms with Crippen LogP contribution in [0.1, 0.15) is 27.4 Å². The zero-order valence-corrected chi connectivity index (χ0v) is 21.1. The third-order valence-corrected chi connectivity index (χ3v) is 7.02. The molecule has 192 valence electrons. The minimum absolute atomic E-state index is 0.0352. The van der Waals surface area contributed by atoms with Gasteiger partial charge < -0.3 is 30.1 Å². The molecule has 0 bridgehead atoms. The third-order valence-electron chi connectivity index (χ3n) is 7.02. The predicted molar refractivity (Wildman–Crippen MR) is 136 cm³/mol. The minimum Gasteiger partial charge on any atom is -0.496 e. The van der Waals surface area contributed by atoms with E-state index in [0.717, 1.165) is 43.2 Å². The summed E-state index contributed by atoms with van der Waals surface area (Å²) in [5, 5.41) is 11.8. The van der Waals surface area contributed by atoms with E-state index in [1.807, 2.05) is 36.1 Å². The maximum absolute atomic E-state index is 13.1. The summed E-state index contributed by atoms with van der Waals surface area (Å²) in [4.78, 5) is 26.0. The first kappa shape index (κ1) is 23.2. The number of likely N-dealkylation sites (tertiary alicyclic amines) is 2. The molecule has 1 amide bonds. The number of nitrogen functional groups attached to an aromatic ring is 1. The Hall–Kier alpha value is -4.19. The molecule has 2 aliphatic heterocycles. The number of nitrogens with zero attached hydrogens (tertiary/aromatic N) is 7. The van der Waals surface area contributed by atoms with Gasteiger partial charge in [0.2, 0.25) is 5.95 Å². The average molecular weight is 504 g/mol. The Labute approximate surface area is 213 Å². The van der Waals surface area contributed by atoms with Crippen molar-refractivity contribution in [2.75, 3.05) is 51.4 Å². The third kappa shape index (κ3) is 4.22. The number of aromatic nitrogens is 5. The van der Waals surface area contributed by atoms with Gasteiger partial charge in [0.15, 0.2) is 5.82 Å². The number of benzene rings is 1. The fourth-order valence-electron chi connectivity index (χ4n) is 5.49. The number of ether oxygens (including phenoxy) is 1. The normalized spacial score (nSPS) is 16.6. The number of fused-ring (bicyclic) bond motifs is 1. The molecule has 0 saturated carbocycles. The van der Waals surface area contributed by atoms with Crippen molar-refractivity contribution in [1.29, 1.82) is 0 Å². The van der Waals surface area contributed by atoms with Crippen molar-refractivity contribution in [3.8, 4) is 5.75 Å². The van der Waals surface area contributed by atoms with E-state index in [2.05, 4.69) is 37.5 Å². The number of carbonyl (C=O) groups is 1. The van der Waals surface area contributed by atoms with Gasteiger partial charge in [0, 0.05) is 48.8 Å². The average Bonchev–Trinajstić information content (AvgIpc) is 3.44. The first-order valence-corrected chi connectivity index (χ1v) is 12.1. The molecule has 2 saturated heterocycles. The van der Waals surface area contributed by atoms with Crippen LogP contribution in [0.25, 0.3) is 11.0 Å². The largest absolute Gasteiger partial charge is 0.496 e. The van der Waals surface area contributed by atoms with Gasteiger partial charge in [-0.25, -0.2) is 4.98 Å². The lowest BCUT2D eigenvalue weighted by Gasteiger charge is -2.59. The molecule has 0 radical (unpaired) electrons. The highest BCUT2D eigenvalue weighted by Gasteiger charge is 2.51. The van der Waals surface area contributed by atoms with Gasteiger partial charge in [-0.3, -0.25) is 9.48 Å². The lowest BCUT2D eigenvalue weighted by Crippen LogP contribution is -2.72. The Bertz CT molecular complexity index is 1480. The van der Waals surface area contributed by atoms with Gasteiger partial charge >= 0.3 is 0 Å². The molecule has 0 atom stereocenters. The number of hydrogen-bond donors (Lipinski definition) is 2. The monoisotopic (exact) mass is 503 g/mol. The number of hydrogen-bond acceptors (Lipinski definition) is 10. The van der Waals surface area contributed by atoms with E-state index in [1.165, 1.54) is 0 Å². The molecule has 3 aromatic heterocycles. The first-order chi connectivity index (χ1) is 17.8. The topological polar surface area (TPSA) is 140 Å². The van der Waals surface area contributed by atoms with Crippen LogP contribution >= 0.6 is 0 Å². The number of amides is 1. The van der Waals surface area contributed by atoms with Gasteiger partial charge in [-0.15, -0.1) is 0 Å². The molecule has 0 unspecified atom stereocenters. The van der Waals surface area contributed by atoms with Crippen LogP contribution in [-0.4, -0.2) is 80.9 Å². The van der Waals surface area contributed by atoms with Crippen molar-refractivity contribution in [3.05, 3.63) is 53.0 Å². The van der Waals surface area contributed by atoms with Gasteiger partial charge in [0.25, 0.3) is 5.91 Å². The highest BCUT2D eigenvalue weighted by molar-refractivity contribution is 5.95. The summed E-state index contributed by atoms with van der Waals surface area (Å²) in [6.07, 6.45) is 1.65. The summed E-state index contributed by atoms with van der Waals surface area (Å²) in [7, 11) is 3.72. The van der Waals surface area contributed by atoms with E-state index < -0.39 is 0 Å². The van der Waals surface area contributed by atoms with Crippen LogP contribution in [-0.2, 0) is 13.1 Å². The molecule has 1 aromatic carbocycles. The number of anilines is 2.